The average molecular weight is 2720 g/mol. The standard InChI is InChI=1S/C14H140O54Si55/c1-49-106(14,69)120(60-100(2)45,118(98-43,58-78-23)103(8,9)47)122(66-108(82-27,83-28)51-71-16,123(117(96-41,97-42)57-77-22,67-109(84-29,85-30)52-72-17)119(99-44,59-79-24)104(10,11)48)112(63-105(12,13)61-101(3,4)5,121(115(92-37,93-38)55-75-20,116(94-39,95-40)56-76-21)65-107(80-25,81-26)50-70-15)68-111(113(88-33,89-34)53-73-18,114(90-35,91-36)54-74-19)64-110(86-31,87-32)62-102(6,7)46/h15-48,100H,70-99H2,1-14,69H3. The molecule has 0 fully saturated rings. The van der Waals surface area contributed by atoms with E-state index < -0.39 is 474 Å². The minimum absolute atomic E-state index is 0.933. The van der Waals surface area contributed by atoms with E-state index >= 15 is 9.59 Å². The Morgan fingerprint density at radius 1 is 0.252 bits per heavy atom. The maximum atomic E-state index is 15.2. The molecule has 0 heterocycles. The van der Waals surface area contributed by atoms with E-state index in [2.05, 4.69) is 0 Å². The van der Waals surface area contributed by atoms with E-state index in [-0.39, 0.29) is 0 Å². The number of hydrogen-bond acceptors (Lipinski definition) is 54. The van der Waals surface area contributed by atoms with E-state index in [1.807, 2.05) is 0 Å². The lowest BCUT2D eigenvalue weighted by Crippen LogP contribution is -3.21. The largest absolute Gasteiger partial charge is 0.442 e. The van der Waals surface area contributed by atoms with Crippen molar-refractivity contribution in [2.24, 2.45) is 0 Å². The highest BCUT2D eigenvalue weighted by atomic mass is 30.6. The quantitative estimate of drug-likeness (QED) is 0.0251. The van der Waals surface area contributed by atoms with Crippen LogP contribution >= 0.6 is 0 Å². The van der Waals surface area contributed by atoms with Crippen LogP contribution in [0.2, 0.25) is 85.1 Å². The van der Waals surface area contributed by atoms with Gasteiger partial charge in [0.05, 0.1) is 0 Å². The van der Waals surface area contributed by atoms with Crippen molar-refractivity contribution in [2.75, 3.05) is 7.11 Å². The van der Waals surface area contributed by atoms with Crippen molar-refractivity contribution < 1.29 is 246 Å². The molecule has 0 amide bonds. The van der Waals surface area contributed by atoms with Crippen molar-refractivity contribution in [2.45, 2.75) is 85.1 Å². The lowest BCUT2D eigenvalue weighted by molar-refractivity contribution is 0.284. The molecular formula is C14H140O54Si55. The highest BCUT2D eigenvalue weighted by Crippen LogP contribution is 2.62. The van der Waals surface area contributed by atoms with Crippen LogP contribution in [-0.4, -0.2) is 644 Å². The van der Waals surface area contributed by atoms with Crippen molar-refractivity contribution >= 4 is 474 Å². The monoisotopic (exact) mass is 2710 g/mol. The Labute approximate surface area is 803 Å². The van der Waals surface area contributed by atoms with Crippen LogP contribution in [0.1, 0.15) is 0 Å². The average Bonchev–Trinajstić information content (AvgIpc) is 0.612. The van der Waals surface area contributed by atoms with Crippen molar-refractivity contribution in [1.29, 1.82) is 0 Å². The van der Waals surface area contributed by atoms with Gasteiger partial charge in [0.25, 0.3) is 128 Å². The molecule has 8 atom stereocenters. The van der Waals surface area contributed by atoms with Crippen molar-refractivity contribution in [3.8, 4) is 0 Å². The molecule has 0 rings (SSSR count). The predicted octanol–water partition coefficient (Wildman–Crippen LogP) is -50.6. The number of hydrogen-bond donors (Lipinski definition) is 34. The van der Waals surface area contributed by atoms with Gasteiger partial charge in [-0.2, -0.15) is 0 Å². The summed E-state index contributed by atoms with van der Waals surface area (Å²) in [5.41, 5.74) is 0. The van der Waals surface area contributed by atoms with Crippen molar-refractivity contribution in [3.63, 3.8) is 0 Å². The van der Waals surface area contributed by atoms with Gasteiger partial charge < -0.3 is 246 Å². The van der Waals surface area contributed by atoms with Gasteiger partial charge in [0.1, 0.15) is 0 Å². The maximum absolute atomic E-state index is 15.2. The summed E-state index contributed by atoms with van der Waals surface area (Å²) in [4.78, 5) is 459. The third-order valence-corrected chi connectivity index (χ3v) is 624. The lowest BCUT2D eigenvalue weighted by atomic mass is 11.8. The molecule has 54 nitrogen and oxygen atoms in total. The summed E-state index contributed by atoms with van der Waals surface area (Å²) < 4.78 is 153. The summed E-state index contributed by atoms with van der Waals surface area (Å²) in [6.45, 7) is -65.1. The van der Waals surface area contributed by atoms with Crippen LogP contribution in [0, 0.1) is 0 Å². The summed E-state index contributed by atoms with van der Waals surface area (Å²) in [6, 6.07) is 0. The zero-order chi connectivity index (χ0) is 96.4. The van der Waals surface area contributed by atoms with E-state index in [1.54, 1.807) is 0 Å². The second kappa shape index (κ2) is 55.9. The van der Waals surface area contributed by atoms with Gasteiger partial charge in [0.2, 0.25) is 122 Å². The van der Waals surface area contributed by atoms with Gasteiger partial charge in [-0.3, -0.25) is 0 Å². The smallest absolute Gasteiger partial charge is 0.338 e. The fraction of sp³-hybridized carbons (Fsp3) is 1.00. The van der Waals surface area contributed by atoms with Crippen molar-refractivity contribution in [1.82, 2.24) is 0 Å². The third kappa shape index (κ3) is 26.1. The van der Waals surface area contributed by atoms with E-state index in [9.17, 15) is 158 Å². The first-order valence-corrected chi connectivity index (χ1v) is 178. The van der Waals surface area contributed by atoms with Gasteiger partial charge in [0.15, 0.2) is 143 Å². The van der Waals surface area contributed by atoms with Crippen LogP contribution in [0.4, 0.5) is 0 Å². The Morgan fingerprint density at radius 2 is 0.512 bits per heavy atom. The SMILES string of the molecule is CO[Si](C)([SiH3])[Si](O[SiH](C)O)([Si](O[SiH2]O)([SiH2]O)[Si](C)(C)O)[Si](O[Si](O[SiH2]O)([SiH2]O)[SiH2]O)([Si](O[Si](C)(C)O[Si](C)(C)C)(O[Si](O[Si](O[Si](C)(C)O)([SiH2]O)[SiH2]O)([Si](O[SiH2]O)([SiH2]O)[SiH2]O)[Si](O[SiH2]O)([SiH2]O)[SiH2]O)[Si](O[Si](O[SiH2]O)([SiH2]O)[SiH2]O)([Si](O[SiH2]O)([SiH2]O)[SiH2]O)[Si](O[SiH2]O)([SiH2]O)[SiH2]O)[Si](O[Si](O[SiH2]O)([SiH2]O)[SiH2]O)([Si](O[SiH2]O)([SiH2]O)[SiH2]O)[Si](O[SiH2]O)([SiH2]O)[Si](C)(C)O. The van der Waals surface area contributed by atoms with E-state index in [0.717, 1.165) is 66.0 Å². The van der Waals surface area contributed by atoms with E-state index in [0.29, 0.717) is 0 Å². The molecule has 0 aliphatic heterocycles. The Hall–Kier alpha value is 9.77. The summed E-state index contributed by atoms with van der Waals surface area (Å²) >= 11 is 0. The topological polar surface area (TPSA) is 872 Å². The van der Waals surface area contributed by atoms with Gasteiger partial charge in [0, 0.05) is 16.9 Å². The van der Waals surface area contributed by atoms with Crippen LogP contribution in [0.25, 0.3) is 0 Å². The summed E-state index contributed by atoms with van der Waals surface area (Å²) in [5.74, 6) is 0. The van der Waals surface area contributed by atoms with Gasteiger partial charge in [-0.1, -0.05) is 0 Å². The van der Waals surface area contributed by atoms with E-state index in [1.165, 1.54) is 26.2 Å². The molecule has 0 saturated heterocycles. The van der Waals surface area contributed by atoms with Gasteiger partial charge in [-0.15, -0.1) is 0 Å². The molecule has 0 aromatic heterocycles. The molecule has 0 spiro atoms. The van der Waals surface area contributed by atoms with Crippen LogP contribution in [0.3, 0.4) is 0 Å². The molecule has 740 valence electrons. The molecule has 0 aliphatic carbocycles. The van der Waals surface area contributed by atoms with Crippen LogP contribution in [-0.2, 0) is 82.6 Å². The Balaban J connectivity index is 18.3. The maximum Gasteiger partial charge on any atom is 0.338 e. The molecule has 34 N–H and O–H groups in total. The normalized spacial score (nSPS) is 25.5. The fourth-order valence-electron chi connectivity index (χ4n) is 16.1. The highest BCUT2D eigenvalue weighted by Gasteiger charge is 3.08. The lowest BCUT2D eigenvalue weighted by Gasteiger charge is -2.77. The Kier molecular flexibility index (Phi) is 60.3. The molecule has 0 radical (unpaired) electrons. The van der Waals surface area contributed by atoms with Gasteiger partial charge in [-0.05, 0) is 85.1 Å². The summed E-state index contributed by atoms with van der Waals surface area (Å²) in [6.07, 6.45) is 0. The molecule has 0 aromatic rings. The highest BCUT2D eigenvalue weighted by molar-refractivity contribution is 8.34. The van der Waals surface area contributed by atoms with Gasteiger partial charge in [-0.25, -0.2) is 0 Å². The second-order valence-corrected chi connectivity index (χ2v) is 351. The molecule has 0 saturated carbocycles. The molecule has 0 aliphatic rings. The minimum atomic E-state index is -9.05. The first kappa shape index (κ1) is 133. The fourth-order valence-corrected chi connectivity index (χ4v) is 1170. The van der Waals surface area contributed by atoms with Crippen LogP contribution < -0.4 is 0 Å². The molecule has 8 unspecified atom stereocenters. The molecule has 0 aromatic carbocycles. The zero-order valence-electron chi connectivity index (χ0n) is 71.7. The first-order valence-electron chi connectivity index (χ1n) is 37.3. The Morgan fingerprint density at radius 3 is 0.740 bits per heavy atom. The molecule has 109 heteroatoms. The first-order chi connectivity index (χ1) is 57.0. The van der Waals surface area contributed by atoms with Crippen LogP contribution in [0.15, 0.2) is 0 Å². The van der Waals surface area contributed by atoms with E-state index in [4.69, 9.17) is 78.5 Å². The zero-order valence-corrected chi connectivity index (χ0v) is 140. The second-order valence-electron chi connectivity index (χ2n) is 31.4. The van der Waals surface area contributed by atoms with Crippen LogP contribution in [0.5, 0.6) is 0 Å². The minimum Gasteiger partial charge on any atom is -0.442 e. The summed E-state index contributed by atoms with van der Waals surface area (Å²) in [7, 11) is -199. The van der Waals surface area contributed by atoms with Crippen molar-refractivity contribution in [3.05, 3.63) is 0 Å². The Bertz CT molecular complexity index is 2920. The molecule has 123 heavy (non-hydrogen) atoms. The predicted molar refractivity (Wildman–Crippen MR) is 585 cm³/mol. The summed E-state index contributed by atoms with van der Waals surface area (Å²) in [5, 5.41) is 0. The van der Waals surface area contributed by atoms with Gasteiger partial charge >= 0.3 is 72.0 Å². The third-order valence-electron chi connectivity index (χ3n) is 21.1. The molecule has 0 bridgehead atoms. The number of rotatable bonds is 73. The molecular weight excluding hydrogens is 2580 g/mol.